The van der Waals surface area contributed by atoms with E-state index in [1.54, 1.807) is 23.3 Å². The number of aryl methyl sites for hydroxylation is 1. The van der Waals surface area contributed by atoms with E-state index in [9.17, 15) is 4.79 Å². The predicted molar refractivity (Wildman–Crippen MR) is 98.2 cm³/mol. The molecule has 0 aliphatic carbocycles. The van der Waals surface area contributed by atoms with Crippen molar-refractivity contribution in [2.45, 2.75) is 13.8 Å². The smallest absolute Gasteiger partial charge is 0.239 e. The van der Waals surface area contributed by atoms with Gasteiger partial charge in [-0.1, -0.05) is 13.8 Å². The first-order valence-electron chi connectivity index (χ1n) is 8.36. The van der Waals surface area contributed by atoms with Crippen LogP contribution in [0.3, 0.4) is 0 Å². The summed E-state index contributed by atoms with van der Waals surface area (Å²) in [6.45, 7) is 6.12. The number of rotatable bonds is 6. The first kappa shape index (κ1) is 17.0. The van der Waals surface area contributed by atoms with Crippen LogP contribution in [0.1, 0.15) is 13.8 Å². The monoisotopic (exact) mass is 338 g/mol. The lowest BCUT2D eigenvalue weighted by Gasteiger charge is -2.17. The number of likely N-dealkylation sites (N-methyl/N-ethyl adjacent to an activating group) is 1. The van der Waals surface area contributed by atoms with Crippen LogP contribution < -0.4 is 5.32 Å². The highest BCUT2D eigenvalue weighted by atomic mass is 16.2. The predicted octanol–water partition coefficient (Wildman–Crippen LogP) is 2.31. The van der Waals surface area contributed by atoms with Gasteiger partial charge in [-0.3, -0.25) is 19.4 Å². The molecule has 0 saturated heterocycles. The molecule has 3 aromatic heterocycles. The van der Waals surface area contributed by atoms with Gasteiger partial charge in [-0.15, -0.1) is 0 Å². The molecule has 0 spiro atoms. The van der Waals surface area contributed by atoms with Crippen LogP contribution >= 0.6 is 0 Å². The number of amides is 1. The lowest BCUT2D eigenvalue weighted by molar-refractivity contribution is -0.117. The number of nitrogens with one attached hydrogen (secondary N) is 1. The van der Waals surface area contributed by atoms with Crippen LogP contribution in [-0.4, -0.2) is 50.2 Å². The number of carbonyl (C=O) groups is 1. The third-order valence-electron chi connectivity index (χ3n) is 4.13. The summed E-state index contributed by atoms with van der Waals surface area (Å²) in [4.78, 5) is 22.9. The van der Waals surface area contributed by atoms with E-state index in [4.69, 9.17) is 0 Å². The Labute approximate surface area is 146 Å². The number of pyridine rings is 2. The third kappa shape index (κ3) is 4.00. The van der Waals surface area contributed by atoms with Crippen molar-refractivity contribution in [2.24, 2.45) is 7.05 Å². The Kier molecular flexibility index (Phi) is 5.04. The molecule has 1 amide bonds. The summed E-state index contributed by atoms with van der Waals surface area (Å²) in [7, 11) is 1.88. The average Bonchev–Trinajstić information content (AvgIpc) is 3.05. The molecular weight excluding hydrogens is 316 g/mol. The molecule has 0 unspecified atom stereocenters. The van der Waals surface area contributed by atoms with Gasteiger partial charge in [-0.25, -0.2) is 4.98 Å². The molecule has 3 aromatic rings. The first-order chi connectivity index (χ1) is 12.1. The molecule has 25 heavy (non-hydrogen) atoms. The van der Waals surface area contributed by atoms with Crippen molar-refractivity contribution < 1.29 is 4.79 Å². The molecule has 0 saturated carbocycles. The minimum absolute atomic E-state index is 0.0630. The maximum Gasteiger partial charge on any atom is 0.239 e. The van der Waals surface area contributed by atoms with E-state index in [1.165, 1.54) is 0 Å². The second-order valence-electron chi connectivity index (χ2n) is 5.90. The molecule has 0 fully saturated rings. The fourth-order valence-corrected chi connectivity index (χ4v) is 2.66. The summed E-state index contributed by atoms with van der Waals surface area (Å²) in [5, 5.41) is 7.97. The van der Waals surface area contributed by atoms with E-state index in [0.717, 1.165) is 35.1 Å². The molecular formula is C18H22N6O. The van der Waals surface area contributed by atoms with Crippen LogP contribution in [0.4, 0.5) is 5.82 Å². The molecule has 0 aromatic carbocycles. The first-order valence-corrected chi connectivity index (χ1v) is 8.36. The van der Waals surface area contributed by atoms with Gasteiger partial charge in [0.15, 0.2) is 0 Å². The largest absolute Gasteiger partial charge is 0.310 e. The van der Waals surface area contributed by atoms with Crippen molar-refractivity contribution in [1.29, 1.82) is 0 Å². The van der Waals surface area contributed by atoms with Crippen LogP contribution in [0.25, 0.3) is 22.0 Å². The molecule has 0 bridgehead atoms. The fourth-order valence-electron chi connectivity index (χ4n) is 2.66. The van der Waals surface area contributed by atoms with E-state index < -0.39 is 0 Å². The maximum atomic E-state index is 12.1. The fraction of sp³-hybridized carbons (Fsp3) is 0.333. The van der Waals surface area contributed by atoms with Crippen molar-refractivity contribution in [3.05, 3.63) is 36.9 Å². The van der Waals surface area contributed by atoms with Gasteiger partial charge in [-0.2, -0.15) is 5.10 Å². The number of hydrogen-bond donors (Lipinski definition) is 1. The Morgan fingerprint density at radius 1 is 1.12 bits per heavy atom. The number of nitrogens with zero attached hydrogens (tertiary/aromatic N) is 5. The van der Waals surface area contributed by atoms with Crippen molar-refractivity contribution in [2.75, 3.05) is 25.0 Å². The van der Waals surface area contributed by atoms with E-state index >= 15 is 0 Å². The number of hydrogen-bond acceptors (Lipinski definition) is 5. The van der Waals surface area contributed by atoms with E-state index in [1.807, 2.05) is 39.2 Å². The van der Waals surface area contributed by atoms with Gasteiger partial charge in [0.25, 0.3) is 0 Å². The quantitative estimate of drug-likeness (QED) is 0.746. The highest BCUT2D eigenvalue weighted by Gasteiger charge is 2.09. The van der Waals surface area contributed by atoms with Crippen molar-refractivity contribution in [3.8, 4) is 11.1 Å². The summed E-state index contributed by atoms with van der Waals surface area (Å²) in [6, 6.07) is 3.88. The molecule has 0 aliphatic heterocycles. The summed E-state index contributed by atoms with van der Waals surface area (Å²) in [5.41, 5.74) is 2.77. The summed E-state index contributed by atoms with van der Waals surface area (Å²) in [6.07, 6.45) is 7.22. The molecule has 1 N–H and O–H groups in total. The van der Waals surface area contributed by atoms with Crippen LogP contribution in [0.15, 0.2) is 36.9 Å². The van der Waals surface area contributed by atoms with Gasteiger partial charge < -0.3 is 5.32 Å². The summed E-state index contributed by atoms with van der Waals surface area (Å²) >= 11 is 0. The third-order valence-corrected chi connectivity index (χ3v) is 4.13. The molecule has 7 nitrogen and oxygen atoms in total. The van der Waals surface area contributed by atoms with Gasteiger partial charge in [0.05, 0.1) is 24.5 Å². The van der Waals surface area contributed by atoms with Gasteiger partial charge in [0.2, 0.25) is 5.91 Å². The summed E-state index contributed by atoms with van der Waals surface area (Å²) < 4.78 is 1.75. The lowest BCUT2D eigenvalue weighted by atomic mass is 10.1. The van der Waals surface area contributed by atoms with Crippen molar-refractivity contribution in [1.82, 2.24) is 24.6 Å². The topological polar surface area (TPSA) is 75.9 Å². The highest BCUT2D eigenvalue weighted by Crippen LogP contribution is 2.23. The Balaban J connectivity index is 1.82. The molecule has 0 atom stereocenters. The van der Waals surface area contributed by atoms with Crippen molar-refractivity contribution in [3.63, 3.8) is 0 Å². The van der Waals surface area contributed by atoms with Gasteiger partial charge in [0, 0.05) is 36.0 Å². The molecule has 0 radical (unpaired) electrons. The minimum Gasteiger partial charge on any atom is -0.310 e. The van der Waals surface area contributed by atoms with E-state index in [-0.39, 0.29) is 5.91 Å². The minimum atomic E-state index is -0.0630. The normalized spacial score (nSPS) is 11.2. The van der Waals surface area contributed by atoms with E-state index in [2.05, 4.69) is 25.3 Å². The lowest BCUT2D eigenvalue weighted by Crippen LogP contribution is -2.33. The van der Waals surface area contributed by atoms with Crippen LogP contribution in [0.5, 0.6) is 0 Å². The number of anilines is 1. The van der Waals surface area contributed by atoms with Crippen LogP contribution in [0, 0.1) is 0 Å². The van der Waals surface area contributed by atoms with Gasteiger partial charge in [-0.05, 0) is 25.2 Å². The number of aromatic nitrogens is 4. The van der Waals surface area contributed by atoms with Crippen molar-refractivity contribution >= 4 is 22.6 Å². The highest BCUT2D eigenvalue weighted by molar-refractivity contribution is 5.93. The maximum absolute atomic E-state index is 12.1. The molecule has 3 rings (SSSR count). The zero-order valence-electron chi connectivity index (χ0n) is 14.7. The Hall–Kier alpha value is -2.80. The van der Waals surface area contributed by atoms with Crippen LogP contribution in [0.2, 0.25) is 0 Å². The number of carbonyl (C=O) groups excluding carboxylic acids is 1. The SMILES string of the molecule is CCN(CC)CC(=O)Nc1cc2cc(-c3cnn(C)c3)cnc2cn1. The Morgan fingerprint density at radius 2 is 1.92 bits per heavy atom. The molecule has 7 heteroatoms. The molecule has 0 aliphatic rings. The second kappa shape index (κ2) is 7.40. The molecule has 3 heterocycles. The Morgan fingerprint density at radius 3 is 2.60 bits per heavy atom. The van der Waals surface area contributed by atoms with Gasteiger partial charge >= 0.3 is 0 Å². The molecule has 130 valence electrons. The standard InChI is InChI=1S/C18H22N6O/c1-4-24(5-2)12-18(25)22-17-7-13-6-14(8-19-16(13)10-20-17)15-9-21-23(3)11-15/h6-11H,4-5,12H2,1-3H3,(H,20,22,25). The van der Waals surface area contributed by atoms with Crippen LogP contribution in [-0.2, 0) is 11.8 Å². The Bertz CT molecular complexity index is 884. The van der Waals surface area contributed by atoms with E-state index in [0.29, 0.717) is 12.4 Å². The number of fused-ring (bicyclic) bond motifs is 1. The van der Waals surface area contributed by atoms with Gasteiger partial charge in [0.1, 0.15) is 5.82 Å². The average molecular weight is 338 g/mol. The zero-order chi connectivity index (χ0) is 17.8. The second-order valence-corrected chi connectivity index (χ2v) is 5.90. The summed E-state index contributed by atoms with van der Waals surface area (Å²) in [5.74, 6) is 0.474. The zero-order valence-corrected chi connectivity index (χ0v) is 14.7.